The van der Waals surface area contributed by atoms with Gasteiger partial charge in [-0.2, -0.15) is 0 Å². The summed E-state index contributed by atoms with van der Waals surface area (Å²) in [5, 5.41) is 3.88. The lowest BCUT2D eigenvalue weighted by Crippen LogP contribution is -2.16. The largest absolute Gasteiger partial charge is 0.495 e. The molecule has 0 unspecified atom stereocenters. The molecule has 0 saturated heterocycles. The van der Waals surface area contributed by atoms with E-state index in [-0.39, 0.29) is 10.8 Å². The highest BCUT2D eigenvalue weighted by Gasteiger charge is 2.23. The molecule has 1 heterocycles. The van der Waals surface area contributed by atoms with Crippen LogP contribution in [0.5, 0.6) is 5.75 Å². The van der Waals surface area contributed by atoms with Gasteiger partial charge in [-0.25, -0.2) is 8.42 Å². The van der Waals surface area contributed by atoms with E-state index in [2.05, 4.69) is 9.88 Å². The van der Waals surface area contributed by atoms with Crippen molar-refractivity contribution < 1.29 is 17.7 Å². The van der Waals surface area contributed by atoms with E-state index in [0.29, 0.717) is 22.8 Å². The molecule has 142 valence electrons. The van der Waals surface area contributed by atoms with Gasteiger partial charge in [0, 0.05) is 11.6 Å². The van der Waals surface area contributed by atoms with Gasteiger partial charge in [-0.15, -0.1) is 0 Å². The molecule has 2 aromatic carbocycles. The maximum atomic E-state index is 13.2. The fourth-order valence-corrected chi connectivity index (χ4v) is 4.29. The van der Waals surface area contributed by atoms with E-state index in [1.165, 1.54) is 7.11 Å². The SMILES string of the molecule is COc1ccccc1NS(=O)(=O)c1cc(-c2cc(C)no2)ccc1C(C)C. The Labute approximate surface area is 159 Å². The quantitative estimate of drug-likeness (QED) is 0.670. The summed E-state index contributed by atoms with van der Waals surface area (Å²) in [6.45, 7) is 5.72. The van der Waals surface area contributed by atoms with Crippen molar-refractivity contribution in [2.24, 2.45) is 0 Å². The van der Waals surface area contributed by atoms with Crippen molar-refractivity contribution in [1.82, 2.24) is 5.16 Å². The smallest absolute Gasteiger partial charge is 0.262 e. The summed E-state index contributed by atoms with van der Waals surface area (Å²) in [6, 6.07) is 13.9. The minimum Gasteiger partial charge on any atom is -0.495 e. The zero-order valence-electron chi connectivity index (χ0n) is 15.7. The molecule has 0 radical (unpaired) electrons. The van der Waals surface area contributed by atoms with E-state index >= 15 is 0 Å². The van der Waals surface area contributed by atoms with Gasteiger partial charge in [-0.3, -0.25) is 4.72 Å². The average molecular weight is 386 g/mol. The standard InChI is InChI=1S/C20H22N2O4S/c1-13(2)16-10-9-15(19-11-14(3)21-26-19)12-20(16)27(23,24)22-17-7-5-6-8-18(17)25-4/h5-13,22H,1-4H3. The van der Waals surface area contributed by atoms with Gasteiger partial charge >= 0.3 is 0 Å². The summed E-state index contributed by atoms with van der Waals surface area (Å²) in [5.41, 5.74) is 2.49. The van der Waals surface area contributed by atoms with E-state index in [1.807, 2.05) is 32.9 Å². The van der Waals surface area contributed by atoms with Gasteiger partial charge in [0.1, 0.15) is 5.75 Å². The molecule has 3 rings (SSSR count). The second-order valence-electron chi connectivity index (χ2n) is 6.55. The molecule has 27 heavy (non-hydrogen) atoms. The van der Waals surface area contributed by atoms with Crippen LogP contribution in [0, 0.1) is 6.92 Å². The van der Waals surface area contributed by atoms with Crippen LogP contribution in [-0.2, 0) is 10.0 Å². The molecule has 6 nitrogen and oxygen atoms in total. The van der Waals surface area contributed by atoms with Crippen LogP contribution in [0.2, 0.25) is 0 Å². The Kier molecular flexibility index (Phi) is 5.23. The van der Waals surface area contributed by atoms with Crippen LogP contribution in [0.1, 0.15) is 31.0 Å². The van der Waals surface area contributed by atoms with Gasteiger partial charge < -0.3 is 9.26 Å². The van der Waals surface area contributed by atoms with Gasteiger partial charge in [0.2, 0.25) is 0 Å². The van der Waals surface area contributed by atoms with Crippen LogP contribution in [0.3, 0.4) is 0 Å². The zero-order chi connectivity index (χ0) is 19.6. The molecule has 0 fully saturated rings. The lowest BCUT2D eigenvalue weighted by atomic mass is 10.0. The predicted octanol–water partition coefficient (Wildman–Crippen LogP) is 4.58. The van der Waals surface area contributed by atoms with Crippen LogP contribution in [0.25, 0.3) is 11.3 Å². The van der Waals surface area contributed by atoms with Gasteiger partial charge in [0.05, 0.1) is 23.4 Å². The number of methoxy groups -OCH3 is 1. The Morgan fingerprint density at radius 2 is 1.85 bits per heavy atom. The molecular weight excluding hydrogens is 364 g/mol. The van der Waals surface area contributed by atoms with Crippen molar-refractivity contribution in [1.29, 1.82) is 0 Å². The number of para-hydroxylation sites is 2. The van der Waals surface area contributed by atoms with Crippen LogP contribution >= 0.6 is 0 Å². The Hall–Kier alpha value is -2.80. The minimum absolute atomic E-state index is 0.0276. The summed E-state index contributed by atoms with van der Waals surface area (Å²) in [5.74, 6) is 1.01. The minimum atomic E-state index is -3.84. The Morgan fingerprint density at radius 1 is 1.11 bits per heavy atom. The van der Waals surface area contributed by atoms with Gasteiger partial charge in [-0.05, 0) is 36.6 Å². The zero-order valence-corrected chi connectivity index (χ0v) is 16.5. The van der Waals surface area contributed by atoms with Crippen LogP contribution in [0.4, 0.5) is 5.69 Å². The summed E-state index contributed by atoms with van der Waals surface area (Å²) in [4.78, 5) is 0.204. The van der Waals surface area contributed by atoms with Crippen LogP contribution < -0.4 is 9.46 Å². The fraction of sp³-hybridized carbons (Fsp3) is 0.250. The molecule has 0 aliphatic carbocycles. The second kappa shape index (κ2) is 7.44. The summed E-state index contributed by atoms with van der Waals surface area (Å²) in [7, 11) is -2.34. The number of anilines is 1. The number of aryl methyl sites for hydroxylation is 1. The van der Waals surface area contributed by atoms with Gasteiger partial charge in [0.15, 0.2) is 5.76 Å². The molecule has 0 amide bonds. The highest BCUT2D eigenvalue weighted by molar-refractivity contribution is 7.92. The second-order valence-corrected chi connectivity index (χ2v) is 8.20. The Morgan fingerprint density at radius 3 is 2.48 bits per heavy atom. The molecule has 0 atom stereocenters. The molecule has 7 heteroatoms. The number of hydrogen-bond donors (Lipinski definition) is 1. The van der Waals surface area contributed by atoms with Crippen molar-refractivity contribution in [2.75, 3.05) is 11.8 Å². The fourth-order valence-electron chi connectivity index (χ4n) is 2.83. The molecule has 0 saturated carbocycles. The van der Waals surface area contributed by atoms with Crippen molar-refractivity contribution in [3.8, 4) is 17.1 Å². The lowest BCUT2D eigenvalue weighted by molar-refractivity contribution is 0.417. The molecule has 0 aliphatic heterocycles. The third kappa shape index (κ3) is 3.98. The van der Waals surface area contributed by atoms with Gasteiger partial charge in [0.25, 0.3) is 10.0 Å². The molecule has 1 aromatic heterocycles. The third-order valence-corrected chi connectivity index (χ3v) is 5.61. The van der Waals surface area contributed by atoms with Crippen LogP contribution in [0.15, 0.2) is 57.9 Å². The molecule has 0 bridgehead atoms. The first-order valence-corrected chi connectivity index (χ1v) is 10.0. The summed E-state index contributed by atoms with van der Waals surface area (Å²) >= 11 is 0. The number of benzene rings is 2. The lowest BCUT2D eigenvalue weighted by Gasteiger charge is -2.17. The molecule has 3 aromatic rings. The number of nitrogens with one attached hydrogen (secondary N) is 1. The van der Waals surface area contributed by atoms with Crippen molar-refractivity contribution in [3.63, 3.8) is 0 Å². The topological polar surface area (TPSA) is 81.4 Å². The number of hydrogen-bond acceptors (Lipinski definition) is 5. The highest BCUT2D eigenvalue weighted by atomic mass is 32.2. The van der Waals surface area contributed by atoms with E-state index in [1.54, 1.807) is 36.4 Å². The first-order chi connectivity index (χ1) is 12.8. The maximum Gasteiger partial charge on any atom is 0.262 e. The average Bonchev–Trinajstić information content (AvgIpc) is 3.07. The normalized spacial score (nSPS) is 11.6. The number of nitrogens with zero attached hydrogens (tertiary/aromatic N) is 1. The number of rotatable bonds is 6. The molecule has 1 N–H and O–H groups in total. The van der Waals surface area contributed by atoms with Crippen molar-refractivity contribution >= 4 is 15.7 Å². The van der Waals surface area contributed by atoms with Gasteiger partial charge in [-0.1, -0.05) is 43.3 Å². The maximum absolute atomic E-state index is 13.2. The molecule has 0 aliphatic rings. The summed E-state index contributed by atoms with van der Waals surface area (Å²) in [6.07, 6.45) is 0. The van der Waals surface area contributed by atoms with Crippen molar-refractivity contribution in [2.45, 2.75) is 31.6 Å². The Balaban J connectivity index is 2.09. The van der Waals surface area contributed by atoms with E-state index < -0.39 is 10.0 Å². The summed E-state index contributed by atoms with van der Waals surface area (Å²) < 4.78 is 39.5. The number of sulfonamides is 1. The van der Waals surface area contributed by atoms with Crippen molar-refractivity contribution in [3.05, 3.63) is 59.8 Å². The predicted molar refractivity (Wildman–Crippen MR) is 105 cm³/mol. The van der Waals surface area contributed by atoms with E-state index in [4.69, 9.17) is 9.26 Å². The molecular formula is C20H22N2O4S. The highest BCUT2D eigenvalue weighted by Crippen LogP contribution is 2.32. The van der Waals surface area contributed by atoms with E-state index in [0.717, 1.165) is 11.3 Å². The van der Waals surface area contributed by atoms with Crippen LogP contribution in [-0.4, -0.2) is 20.7 Å². The third-order valence-electron chi connectivity index (χ3n) is 4.19. The monoisotopic (exact) mass is 386 g/mol. The number of ether oxygens (including phenoxy) is 1. The van der Waals surface area contributed by atoms with E-state index in [9.17, 15) is 8.42 Å². The Bertz CT molecular complexity index is 1060. The number of aromatic nitrogens is 1. The molecule has 0 spiro atoms. The first-order valence-electron chi connectivity index (χ1n) is 8.55. The first kappa shape index (κ1) is 19.0.